The zero-order valence-corrected chi connectivity index (χ0v) is 12.6. The first-order valence-corrected chi connectivity index (χ1v) is 8.20. The van der Waals surface area contributed by atoms with E-state index in [1.807, 2.05) is 4.57 Å². The summed E-state index contributed by atoms with van der Waals surface area (Å²) in [5.74, 6) is 1.06. The number of nitrogens with one attached hydrogen (secondary N) is 1. The second kappa shape index (κ2) is 4.75. The zero-order chi connectivity index (χ0) is 15.6. The first kappa shape index (κ1) is 13.4. The molecule has 0 unspecified atom stereocenters. The van der Waals surface area contributed by atoms with Crippen molar-refractivity contribution in [1.29, 1.82) is 0 Å². The number of rotatable bonds is 4. The Bertz CT molecular complexity index is 797. The molecule has 3 N–H and O–H groups in total. The molecule has 0 spiro atoms. The number of nitrogens with zero attached hydrogens (tertiary/aromatic N) is 4. The van der Waals surface area contributed by atoms with E-state index in [1.165, 1.54) is 12.8 Å². The molecule has 0 aliphatic heterocycles. The average molecular weight is 313 g/mol. The minimum atomic E-state index is -0.501. The highest BCUT2D eigenvalue weighted by atomic mass is 16.3. The lowest BCUT2D eigenvalue weighted by molar-refractivity contribution is 0.0929. The Hall–Kier alpha value is -1.99. The van der Waals surface area contributed by atoms with Crippen LogP contribution in [0.25, 0.3) is 11.2 Å². The third-order valence-electron chi connectivity index (χ3n) is 5.41. The van der Waals surface area contributed by atoms with Gasteiger partial charge in [-0.1, -0.05) is 6.08 Å². The van der Waals surface area contributed by atoms with Gasteiger partial charge in [-0.25, -0.2) is 15.0 Å². The molecular weight excluding hydrogens is 294 g/mol. The number of hydrogen-bond donors (Lipinski definition) is 3. The monoisotopic (exact) mass is 313 g/mol. The second-order valence-corrected chi connectivity index (χ2v) is 6.85. The van der Waals surface area contributed by atoms with Crippen LogP contribution in [0.2, 0.25) is 0 Å². The average Bonchev–Trinajstić information content (AvgIpc) is 3.01. The standard InChI is InChI=1S/C16H19N5O2/c22-5-9-3-8-4-11(9)14(23)13(8)21-7-19-12-15(20-10-1-2-10)17-6-18-16(12)21/h3,6-8,10-11,13-14,22-23H,1-2,4-5H2,(H,17,18,20)/t8-,11-,13+,14-/m0/s1. The molecular formula is C16H19N5O2. The Balaban J connectivity index is 1.55. The normalized spacial score (nSPS) is 32.5. The van der Waals surface area contributed by atoms with Crippen molar-refractivity contribution in [3.63, 3.8) is 0 Å². The quantitative estimate of drug-likeness (QED) is 0.725. The molecule has 0 radical (unpaired) electrons. The van der Waals surface area contributed by atoms with Crippen LogP contribution in [-0.2, 0) is 0 Å². The fraction of sp³-hybridized carbons (Fsp3) is 0.562. The Morgan fingerprint density at radius 1 is 1.26 bits per heavy atom. The smallest absolute Gasteiger partial charge is 0.165 e. The van der Waals surface area contributed by atoms with Crippen LogP contribution in [0, 0.1) is 11.8 Å². The van der Waals surface area contributed by atoms with Gasteiger partial charge in [0.15, 0.2) is 11.5 Å². The Labute approximate surface area is 133 Å². The summed E-state index contributed by atoms with van der Waals surface area (Å²) in [6.07, 6.45) is 8.16. The van der Waals surface area contributed by atoms with Crippen molar-refractivity contribution in [2.45, 2.75) is 37.5 Å². The number of aromatic nitrogens is 4. The van der Waals surface area contributed by atoms with Gasteiger partial charge in [0.25, 0.3) is 0 Å². The van der Waals surface area contributed by atoms with Crippen LogP contribution in [-0.4, -0.2) is 48.5 Å². The number of aliphatic hydroxyl groups is 2. The summed E-state index contributed by atoms with van der Waals surface area (Å²) in [4.78, 5) is 13.2. The van der Waals surface area contributed by atoms with Gasteiger partial charge in [-0.05, 0) is 24.8 Å². The van der Waals surface area contributed by atoms with Gasteiger partial charge in [0.05, 0.1) is 25.1 Å². The number of fused-ring (bicyclic) bond motifs is 3. The molecule has 7 heteroatoms. The number of hydrogen-bond acceptors (Lipinski definition) is 6. The molecule has 5 rings (SSSR count). The van der Waals surface area contributed by atoms with Crippen LogP contribution in [0.3, 0.4) is 0 Å². The lowest BCUT2D eigenvalue weighted by Gasteiger charge is -2.27. The minimum Gasteiger partial charge on any atom is -0.392 e. The highest BCUT2D eigenvalue weighted by Crippen LogP contribution is 2.50. The van der Waals surface area contributed by atoms with Gasteiger partial charge in [0.2, 0.25) is 0 Å². The fourth-order valence-electron chi connectivity index (χ4n) is 4.14. The van der Waals surface area contributed by atoms with Crippen LogP contribution in [0.5, 0.6) is 0 Å². The van der Waals surface area contributed by atoms with Crippen molar-refractivity contribution in [2.24, 2.45) is 11.8 Å². The highest BCUT2D eigenvalue weighted by molar-refractivity contribution is 5.83. The van der Waals surface area contributed by atoms with E-state index in [4.69, 9.17) is 0 Å². The van der Waals surface area contributed by atoms with Crippen molar-refractivity contribution < 1.29 is 10.2 Å². The van der Waals surface area contributed by atoms with Crippen LogP contribution < -0.4 is 5.32 Å². The molecule has 2 heterocycles. The van der Waals surface area contributed by atoms with Gasteiger partial charge in [-0.15, -0.1) is 0 Å². The SMILES string of the molecule is OCC1=C[C@H]2C[C@@H]1[C@H](O)[C@@H]2n1cnc2c(NC3CC3)ncnc21. The van der Waals surface area contributed by atoms with Crippen molar-refractivity contribution in [2.75, 3.05) is 11.9 Å². The van der Waals surface area contributed by atoms with Crippen molar-refractivity contribution >= 4 is 17.0 Å². The summed E-state index contributed by atoms with van der Waals surface area (Å²) in [5, 5.41) is 23.5. The van der Waals surface area contributed by atoms with E-state index in [9.17, 15) is 10.2 Å². The van der Waals surface area contributed by atoms with Crippen LogP contribution in [0.15, 0.2) is 24.3 Å². The van der Waals surface area contributed by atoms with Gasteiger partial charge in [0, 0.05) is 17.9 Å². The van der Waals surface area contributed by atoms with E-state index < -0.39 is 6.10 Å². The summed E-state index contributed by atoms with van der Waals surface area (Å²) in [5.41, 5.74) is 2.49. The van der Waals surface area contributed by atoms with Gasteiger partial charge in [-0.2, -0.15) is 0 Å². The molecule has 4 atom stereocenters. The second-order valence-electron chi connectivity index (χ2n) is 6.85. The van der Waals surface area contributed by atoms with Gasteiger partial charge in [-0.3, -0.25) is 0 Å². The topological polar surface area (TPSA) is 96.1 Å². The lowest BCUT2D eigenvalue weighted by Crippen LogP contribution is -2.30. The summed E-state index contributed by atoms with van der Waals surface area (Å²) in [7, 11) is 0. The number of aliphatic hydroxyl groups excluding tert-OH is 2. The first-order chi connectivity index (χ1) is 11.3. The maximum Gasteiger partial charge on any atom is 0.165 e. The van der Waals surface area contributed by atoms with Gasteiger partial charge >= 0.3 is 0 Å². The third-order valence-corrected chi connectivity index (χ3v) is 5.41. The number of imidazole rings is 1. The molecule has 120 valence electrons. The van der Waals surface area contributed by atoms with E-state index in [0.717, 1.165) is 29.0 Å². The van der Waals surface area contributed by atoms with Crippen LogP contribution >= 0.6 is 0 Å². The maximum atomic E-state index is 10.7. The zero-order valence-electron chi connectivity index (χ0n) is 12.6. The van der Waals surface area contributed by atoms with Gasteiger partial charge in [0.1, 0.15) is 11.8 Å². The molecule has 0 saturated heterocycles. The van der Waals surface area contributed by atoms with Crippen molar-refractivity contribution in [3.05, 3.63) is 24.3 Å². The molecule has 7 nitrogen and oxygen atoms in total. The maximum absolute atomic E-state index is 10.7. The van der Waals surface area contributed by atoms with Crippen molar-refractivity contribution in [1.82, 2.24) is 19.5 Å². The molecule has 2 fully saturated rings. The molecule has 23 heavy (non-hydrogen) atoms. The number of allylic oxidation sites excluding steroid dienone is 1. The summed E-state index contributed by atoms with van der Waals surface area (Å²) < 4.78 is 1.98. The molecule has 2 aromatic heterocycles. The first-order valence-electron chi connectivity index (χ1n) is 8.20. The van der Waals surface area contributed by atoms with E-state index in [2.05, 4.69) is 26.3 Å². The highest BCUT2D eigenvalue weighted by Gasteiger charge is 2.48. The van der Waals surface area contributed by atoms with Gasteiger partial charge < -0.3 is 20.1 Å². The molecule has 2 aromatic rings. The summed E-state index contributed by atoms with van der Waals surface area (Å²) >= 11 is 0. The molecule has 2 saturated carbocycles. The molecule has 3 aliphatic carbocycles. The van der Waals surface area contributed by atoms with Crippen molar-refractivity contribution in [3.8, 4) is 0 Å². The molecule has 0 aromatic carbocycles. The predicted octanol–water partition coefficient (Wildman–Crippen LogP) is 0.871. The Kier molecular flexibility index (Phi) is 2.78. The molecule has 3 aliphatic rings. The Morgan fingerprint density at radius 3 is 2.87 bits per heavy atom. The van der Waals surface area contributed by atoms with E-state index in [-0.39, 0.29) is 24.5 Å². The van der Waals surface area contributed by atoms with Crippen LogP contribution in [0.4, 0.5) is 5.82 Å². The molecule has 0 amide bonds. The van der Waals surface area contributed by atoms with Crippen LogP contribution in [0.1, 0.15) is 25.3 Å². The fourth-order valence-corrected chi connectivity index (χ4v) is 4.14. The number of anilines is 1. The molecule has 2 bridgehead atoms. The predicted molar refractivity (Wildman–Crippen MR) is 83.8 cm³/mol. The van der Waals surface area contributed by atoms with E-state index in [0.29, 0.717) is 6.04 Å². The summed E-state index contributed by atoms with van der Waals surface area (Å²) in [6.45, 7) is 0.0350. The lowest BCUT2D eigenvalue weighted by atomic mass is 9.92. The third kappa shape index (κ3) is 1.93. The Morgan fingerprint density at radius 2 is 2.13 bits per heavy atom. The minimum absolute atomic E-state index is 0.0350. The van der Waals surface area contributed by atoms with E-state index >= 15 is 0 Å². The summed E-state index contributed by atoms with van der Waals surface area (Å²) in [6, 6.07) is 0.436. The van der Waals surface area contributed by atoms with E-state index in [1.54, 1.807) is 12.7 Å². The largest absolute Gasteiger partial charge is 0.392 e.